The lowest BCUT2D eigenvalue weighted by Crippen LogP contribution is -2.10. The summed E-state index contributed by atoms with van der Waals surface area (Å²) in [6.07, 6.45) is -5.28. The molecular weight excluding hydrogens is 443 g/mol. The average molecular weight is 456 g/mol. The largest absolute Gasteiger partial charge is 0.507 e. The van der Waals surface area contributed by atoms with Crippen LogP contribution < -0.4 is 0 Å². The zero-order valence-corrected chi connectivity index (χ0v) is 16.5. The van der Waals surface area contributed by atoms with Gasteiger partial charge in [-0.05, 0) is 36.1 Å². The first-order valence-electron chi connectivity index (χ1n) is 8.63. The van der Waals surface area contributed by atoms with Crippen LogP contribution in [-0.4, -0.2) is 22.0 Å². The minimum Gasteiger partial charge on any atom is -0.507 e. The third kappa shape index (κ3) is 4.29. The summed E-state index contributed by atoms with van der Waals surface area (Å²) in [7, 11) is 0. The van der Waals surface area contributed by atoms with E-state index in [1.54, 1.807) is 0 Å². The van der Waals surface area contributed by atoms with Gasteiger partial charge in [0.05, 0.1) is 16.7 Å². The van der Waals surface area contributed by atoms with Crippen molar-refractivity contribution in [3.8, 4) is 16.9 Å². The molecule has 31 heavy (non-hydrogen) atoms. The number of hydrogen-bond acceptors (Lipinski definition) is 4. The van der Waals surface area contributed by atoms with Crippen LogP contribution >= 0.6 is 11.3 Å². The molecule has 0 fully saturated rings. The Balaban J connectivity index is 1.99. The highest BCUT2D eigenvalue weighted by Crippen LogP contribution is 2.37. The van der Waals surface area contributed by atoms with Gasteiger partial charge in [-0.2, -0.15) is 13.2 Å². The first kappa shape index (κ1) is 22.4. The number of carbonyl (C=O) groups is 2. The van der Waals surface area contributed by atoms with Gasteiger partial charge in [0, 0.05) is 22.4 Å². The van der Waals surface area contributed by atoms with Crippen molar-refractivity contribution in [1.29, 1.82) is 0 Å². The van der Waals surface area contributed by atoms with Crippen molar-refractivity contribution in [2.24, 2.45) is 0 Å². The second-order valence-electron chi connectivity index (χ2n) is 6.64. The van der Waals surface area contributed by atoms with E-state index in [0.29, 0.717) is 12.1 Å². The van der Waals surface area contributed by atoms with Crippen LogP contribution in [0.3, 0.4) is 0 Å². The van der Waals surface area contributed by atoms with Gasteiger partial charge >= 0.3 is 12.1 Å². The number of carboxylic acids is 1. The van der Waals surface area contributed by atoms with Gasteiger partial charge in [-0.1, -0.05) is 12.1 Å². The van der Waals surface area contributed by atoms with E-state index in [9.17, 15) is 41.8 Å². The number of hydrogen-bond donors (Lipinski definition) is 2. The number of halogens is 5. The fraction of sp³-hybridized carbons (Fsp3) is 0.143. The molecule has 10 heteroatoms. The highest BCUT2D eigenvalue weighted by molar-refractivity contribution is 7.11. The van der Waals surface area contributed by atoms with E-state index in [4.69, 9.17) is 0 Å². The Morgan fingerprint density at radius 2 is 1.71 bits per heavy atom. The Kier molecular flexibility index (Phi) is 5.86. The van der Waals surface area contributed by atoms with Crippen molar-refractivity contribution in [2.45, 2.75) is 19.5 Å². The number of benzene rings is 2. The van der Waals surface area contributed by atoms with Crippen molar-refractivity contribution in [1.82, 2.24) is 0 Å². The molecule has 0 amide bonds. The molecule has 0 aliphatic carbocycles. The number of rotatable bonds is 5. The first-order valence-corrected chi connectivity index (χ1v) is 9.51. The number of alkyl halides is 3. The summed E-state index contributed by atoms with van der Waals surface area (Å²) in [6, 6.07) is 4.31. The van der Waals surface area contributed by atoms with Crippen molar-refractivity contribution < 1.29 is 41.8 Å². The van der Waals surface area contributed by atoms with Crippen LogP contribution in [-0.2, 0) is 12.6 Å². The molecule has 4 nitrogen and oxygen atoms in total. The van der Waals surface area contributed by atoms with E-state index in [-0.39, 0.29) is 21.6 Å². The minimum atomic E-state index is -4.72. The van der Waals surface area contributed by atoms with Crippen LogP contribution in [0, 0.1) is 18.6 Å². The first-order chi connectivity index (χ1) is 14.4. The number of aryl methyl sites for hydroxylation is 1. The molecule has 0 bridgehead atoms. The van der Waals surface area contributed by atoms with Crippen molar-refractivity contribution in [3.05, 3.63) is 74.5 Å². The number of Topliss-reactive ketones (excluding diaryl/α,β-unsaturated/α-hetero) is 1. The van der Waals surface area contributed by atoms with Crippen LogP contribution in [0.25, 0.3) is 11.1 Å². The lowest BCUT2D eigenvalue weighted by Gasteiger charge is -2.10. The van der Waals surface area contributed by atoms with Crippen molar-refractivity contribution in [2.75, 3.05) is 0 Å². The smallest absolute Gasteiger partial charge is 0.416 e. The lowest BCUT2D eigenvalue weighted by molar-refractivity contribution is -0.137. The van der Waals surface area contributed by atoms with E-state index in [0.717, 1.165) is 17.4 Å². The van der Waals surface area contributed by atoms with Gasteiger partial charge in [-0.15, -0.1) is 11.3 Å². The van der Waals surface area contributed by atoms with E-state index in [1.807, 2.05) is 0 Å². The maximum atomic E-state index is 14.4. The van der Waals surface area contributed by atoms with Gasteiger partial charge in [0.1, 0.15) is 5.75 Å². The molecule has 0 radical (unpaired) electrons. The molecule has 0 aliphatic heterocycles. The highest BCUT2D eigenvalue weighted by atomic mass is 32.1. The Morgan fingerprint density at radius 1 is 1.03 bits per heavy atom. The predicted octanol–water partition coefficient (Wildman–Crippen LogP) is 5.85. The monoisotopic (exact) mass is 456 g/mol. The molecule has 0 saturated heterocycles. The quantitative estimate of drug-likeness (QED) is 0.373. The molecule has 2 aromatic carbocycles. The Bertz CT molecular complexity index is 1200. The summed E-state index contributed by atoms with van der Waals surface area (Å²) in [5, 5.41) is 20.7. The number of ketones is 1. The van der Waals surface area contributed by atoms with Crippen LogP contribution in [0.4, 0.5) is 22.0 Å². The Hall–Kier alpha value is -3.27. The highest BCUT2D eigenvalue weighted by Gasteiger charge is 2.32. The van der Waals surface area contributed by atoms with Crippen LogP contribution in [0.2, 0.25) is 0 Å². The van der Waals surface area contributed by atoms with Crippen molar-refractivity contribution in [3.63, 3.8) is 0 Å². The van der Waals surface area contributed by atoms with Crippen LogP contribution in [0.5, 0.6) is 5.75 Å². The summed E-state index contributed by atoms with van der Waals surface area (Å²) in [5.74, 6) is -5.60. The van der Waals surface area contributed by atoms with E-state index < -0.39 is 58.4 Å². The third-order valence-corrected chi connectivity index (χ3v) is 5.58. The van der Waals surface area contributed by atoms with E-state index >= 15 is 0 Å². The molecule has 162 valence electrons. The average Bonchev–Trinajstić information content (AvgIpc) is 3.08. The number of thiophene rings is 1. The second-order valence-corrected chi connectivity index (χ2v) is 7.60. The van der Waals surface area contributed by atoms with Gasteiger partial charge in [-0.3, -0.25) is 4.79 Å². The summed E-state index contributed by atoms with van der Waals surface area (Å²) in [4.78, 5) is 24.3. The molecule has 2 N–H and O–H groups in total. The normalized spacial score (nSPS) is 11.5. The van der Waals surface area contributed by atoms with Gasteiger partial charge < -0.3 is 10.2 Å². The number of carboxylic acid groups (broad SMARTS) is 1. The molecule has 0 atom stereocenters. The third-order valence-electron chi connectivity index (χ3n) is 4.59. The second kappa shape index (κ2) is 8.10. The van der Waals surface area contributed by atoms with E-state index in [1.165, 1.54) is 24.4 Å². The van der Waals surface area contributed by atoms with Gasteiger partial charge in [0.2, 0.25) is 0 Å². The topological polar surface area (TPSA) is 74.6 Å². The molecule has 0 aliphatic rings. The molecule has 1 heterocycles. The zero-order chi connectivity index (χ0) is 23.1. The summed E-state index contributed by atoms with van der Waals surface area (Å²) < 4.78 is 66.5. The van der Waals surface area contributed by atoms with Crippen molar-refractivity contribution >= 4 is 23.1 Å². The maximum absolute atomic E-state index is 14.4. The minimum absolute atomic E-state index is 0.0211. The van der Waals surface area contributed by atoms with Crippen LogP contribution in [0.15, 0.2) is 35.7 Å². The lowest BCUT2D eigenvalue weighted by atomic mass is 9.97. The molecule has 1 aromatic heterocycles. The Labute approximate surface area is 176 Å². The summed E-state index contributed by atoms with van der Waals surface area (Å²) >= 11 is 0.802. The molecule has 0 spiro atoms. The Morgan fingerprint density at radius 3 is 2.29 bits per heavy atom. The van der Waals surface area contributed by atoms with Crippen LogP contribution in [0.1, 0.15) is 36.7 Å². The fourth-order valence-corrected chi connectivity index (χ4v) is 4.03. The number of phenols is 1. The molecular formula is C21H13F5O4S. The molecule has 0 unspecified atom stereocenters. The summed E-state index contributed by atoms with van der Waals surface area (Å²) in [5.41, 5.74) is -2.40. The van der Waals surface area contributed by atoms with Gasteiger partial charge in [-0.25, -0.2) is 13.6 Å². The number of carbonyl (C=O) groups excluding carboxylic acids is 1. The number of aromatic hydroxyl groups is 1. The number of phenolic OH excluding ortho intramolecular Hbond substituents is 1. The van der Waals surface area contributed by atoms with E-state index in [2.05, 4.69) is 0 Å². The number of aromatic carboxylic acids is 1. The van der Waals surface area contributed by atoms with Gasteiger partial charge in [0.25, 0.3) is 0 Å². The zero-order valence-electron chi connectivity index (χ0n) is 15.7. The predicted molar refractivity (Wildman–Crippen MR) is 103 cm³/mol. The fourth-order valence-electron chi connectivity index (χ4n) is 3.00. The molecule has 0 saturated carbocycles. The SMILES string of the molecule is Cc1ccc(-c2csc(CC(=O)c3ccc(C(F)(F)F)cc3O)c2C(=O)O)c(F)c1F. The molecule has 3 aromatic rings. The standard InChI is InChI=1S/C21H13F5O4S/c1-9-2-4-11(19(23)18(9)22)13-8-31-16(17(13)20(29)30)7-15(28)12-5-3-10(6-14(12)27)21(24,25)26/h2-6,8,27H,7H2,1H3,(H,29,30). The van der Waals surface area contributed by atoms with Gasteiger partial charge in [0.15, 0.2) is 17.4 Å². The maximum Gasteiger partial charge on any atom is 0.416 e. The summed E-state index contributed by atoms with van der Waals surface area (Å²) in [6.45, 7) is 1.34. The molecule has 3 rings (SSSR count).